The maximum atomic E-state index is 12.8. The second-order valence-corrected chi connectivity index (χ2v) is 5.93. The summed E-state index contributed by atoms with van der Waals surface area (Å²) in [5.41, 5.74) is 8.07. The molecule has 0 aromatic heterocycles. The Bertz CT molecular complexity index is 521. The fourth-order valence-corrected chi connectivity index (χ4v) is 3.23. The van der Waals surface area contributed by atoms with Crippen molar-refractivity contribution in [2.75, 3.05) is 18.1 Å². The zero-order valence-electron chi connectivity index (χ0n) is 12.4. The monoisotopic (exact) mass is 310 g/mol. The van der Waals surface area contributed by atoms with Gasteiger partial charge < -0.3 is 15.4 Å². The highest BCUT2D eigenvalue weighted by Crippen LogP contribution is 2.35. The quantitative estimate of drug-likeness (QED) is 0.867. The van der Waals surface area contributed by atoms with Crippen molar-refractivity contribution >= 4 is 24.0 Å². The van der Waals surface area contributed by atoms with Gasteiger partial charge in [0.1, 0.15) is 12.4 Å². The van der Waals surface area contributed by atoms with Crippen LogP contribution in [0.15, 0.2) is 18.2 Å². The van der Waals surface area contributed by atoms with Gasteiger partial charge in [0.05, 0.1) is 12.2 Å². The minimum absolute atomic E-state index is 0. The molecule has 3 rings (SSSR count). The highest BCUT2D eigenvalue weighted by Gasteiger charge is 2.32. The number of hydrogen-bond donors (Lipinski definition) is 1. The lowest BCUT2D eigenvalue weighted by molar-refractivity contribution is -0.123. The Morgan fingerprint density at radius 3 is 2.95 bits per heavy atom. The maximum absolute atomic E-state index is 12.8. The number of fused-ring (bicyclic) bond motifs is 1. The highest BCUT2D eigenvalue weighted by atomic mass is 35.5. The number of nitrogens with two attached hydrogens (primary N) is 1. The molecule has 0 saturated heterocycles. The Labute approximate surface area is 132 Å². The van der Waals surface area contributed by atoms with Gasteiger partial charge in [0, 0.05) is 12.0 Å². The van der Waals surface area contributed by atoms with Crippen LogP contribution in [0.1, 0.15) is 31.2 Å². The van der Waals surface area contributed by atoms with Gasteiger partial charge in [0.15, 0.2) is 0 Å². The van der Waals surface area contributed by atoms with Gasteiger partial charge in [-0.1, -0.05) is 12.5 Å². The highest BCUT2D eigenvalue weighted by molar-refractivity contribution is 5.97. The summed E-state index contributed by atoms with van der Waals surface area (Å²) >= 11 is 0. The van der Waals surface area contributed by atoms with E-state index in [4.69, 9.17) is 10.5 Å². The van der Waals surface area contributed by atoms with E-state index in [1.54, 1.807) is 0 Å². The lowest BCUT2D eigenvalue weighted by atomic mass is 9.85. The van der Waals surface area contributed by atoms with Gasteiger partial charge in [-0.3, -0.25) is 4.79 Å². The predicted octanol–water partition coefficient (Wildman–Crippen LogP) is 2.66. The van der Waals surface area contributed by atoms with Crippen LogP contribution in [0.3, 0.4) is 0 Å². The predicted molar refractivity (Wildman–Crippen MR) is 86.2 cm³/mol. The molecule has 4 nitrogen and oxygen atoms in total. The summed E-state index contributed by atoms with van der Waals surface area (Å²) in [7, 11) is 0. The first-order valence-corrected chi connectivity index (χ1v) is 7.45. The minimum Gasteiger partial charge on any atom is -0.490 e. The van der Waals surface area contributed by atoms with Crippen LogP contribution in [0.5, 0.6) is 5.75 Å². The Balaban J connectivity index is 0.00000161. The molecule has 1 heterocycles. The Morgan fingerprint density at radius 1 is 1.38 bits per heavy atom. The second kappa shape index (κ2) is 6.67. The maximum Gasteiger partial charge on any atom is 0.230 e. The molecular formula is C16H23ClN2O2. The van der Waals surface area contributed by atoms with Gasteiger partial charge >= 0.3 is 0 Å². The first kappa shape index (κ1) is 16.1. The lowest BCUT2D eigenvalue weighted by Crippen LogP contribution is -2.44. The Kier molecular flexibility index (Phi) is 5.12. The number of aryl methyl sites for hydroxylation is 1. The molecule has 1 fully saturated rings. The zero-order valence-corrected chi connectivity index (χ0v) is 13.2. The van der Waals surface area contributed by atoms with Gasteiger partial charge in [-0.15, -0.1) is 12.4 Å². The number of ether oxygens (including phenoxy) is 1. The van der Waals surface area contributed by atoms with E-state index in [0.717, 1.165) is 42.7 Å². The third-order valence-electron chi connectivity index (χ3n) is 4.31. The standard InChI is InChI=1S/C16H22N2O2.ClH/c1-11-5-6-14-15(9-11)20-8-7-18(14)16(19)12-3-2-4-13(17)10-12;/h5-6,9,12-13H,2-4,7-8,10,17H2,1H3;1H. The van der Waals surface area contributed by atoms with Crippen molar-refractivity contribution in [3.63, 3.8) is 0 Å². The molecule has 1 aliphatic heterocycles. The van der Waals surface area contributed by atoms with E-state index in [1.807, 2.05) is 30.0 Å². The summed E-state index contributed by atoms with van der Waals surface area (Å²) in [6.45, 7) is 3.24. The van der Waals surface area contributed by atoms with Crippen LogP contribution >= 0.6 is 12.4 Å². The molecule has 1 aliphatic carbocycles. The number of rotatable bonds is 1. The van der Waals surface area contributed by atoms with Crippen molar-refractivity contribution in [1.82, 2.24) is 0 Å². The van der Waals surface area contributed by atoms with E-state index in [0.29, 0.717) is 13.2 Å². The van der Waals surface area contributed by atoms with Crippen molar-refractivity contribution in [1.29, 1.82) is 0 Å². The molecule has 116 valence electrons. The van der Waals surface area contributed by atoms with E-state index < -0.39 is 0 Å². The normalized spacial score (nSPS) is 24.6. The summed E-state index contributed by atoms with van der Waals surface area (Å²) in [4.78, 5) is 14.7. The van der Waals surface area contributed by atoms with E-state index in [9.17, 15) is 4.79 Å². The van der Waals surface area contributed by atoms with Gasteiger partial charge in [0.2, 0.25) is 5.91 Å². The first-order chi connectivity index (χ1) is 9.65. The van der Waals surface area contributed by atoms with Crippen molar-refractivity contribution in [3.8, 4) is 5.75 Å². The van der Waals surface area contributed by atoms with Gasteiger partial charge in [-0.2, -0.15) is 0 Å². The van der Waals surface area contributed by atoms with Gasteiger partial charge in [-0.25, -0.2) is 0 Å². The summed E-state index contributed by atoms with van der Waals surface area (Å²) in [5.74, 6) is 1.12. The molecule has 1 aromatic carbocycles. The molecule has 1 saturated carbocycles. The van der Waals surface area contributed by atoms with Crippen LogP contribution in [0, 0.1) is 12.8 Å². The summed E-state index contributed by atoms with van der Waals surface area (Å²) in [5, 5.41) is 0. The summed E-state index contributed by atoms with van der Waals surface area (Å²) in [6, 6.07) is 6.20. The van der Waals surface area contributed by atoms with Crippen LogP contribution in [-0.4, -0.2) is 25.1 Å². The molecule has 5 heteroatoms. The second-order valence-electron chi connectivity index (χ2n) is 5.93. The van der Waals surface area contributed by atoms with Crippen LogP contribution in [0.2, 0.25) is 0 Å². The average molecular weight is 311 g/mol. The third-order valence-corrected chi connectivity index (χ3v) is 4.31. The average Bonchev–Trinajstić information content (AvgIpc) is 2.45. The van der Waals surface area contributed by atoms with Crippen LogP contribution in [0.25, 0.3) is 0 Å². The Hall–Kier alpha value is -1.26. The van der Waals surface area contributed by atoms with E-state index >= 15 is 0 Å². The van der Waals surface area contributed by atoms with Crippen LogP contribution in [-0.2, 0) is 4.79 Å². The third kappa shape index (κ3) is 3.33. The van der Waals surface area contributed by atoms with Crippen LogP contribution < -0.4 is 15.4 Å². The minimum atomic E-state index is 0. The lowest BCUT2D eigenvalue weighted by Gasteiger charge is -2.34. The number of amides is 1. The fourth-order valence-electron chi connectivity index (χ4n) is 3.23. The molecule has 2 aliphatic rings. The number of benzene rings is 1. The molecule has 1 aromatic rings. The number of hydrogen-bond acceptors (Lipinski definition) is 3. The first-order valence-electron chi connectivity index (χ1n) is 7.45. The number of nitrogens with zero attached hydrogens (tertiary/aromatic N) is 1. The topological polar surface area (TPSA) is 55.6 Å². The van der Waals surface area contributed by atoms with E-state index in [1.165, 1.54) is 0 Å². The molecule has 0 bridgehead atoms. The van der Waals surface area contributed by atoms with Crippen molar-refractivity contribution in [3.05, 3.63) is 23.8 Å². The van der Waals surface area contributed by atoms with E-state index in [2.05, 4.69) is 0 Å². The molecule has 1 amide bonds. The Morgan fingerprint density at radius 2 is 2.19 bits per heavy atom. The van der Waals surface area contributed by atoms with Crippen molar-refractivity contribution in [2.24, 2.45) is 11.7 Å². The summed E-state index contributed by atoms with van der Waals surface area (Å²) in [6.07, 6.45) is 3.88. The van der Waals surface area contributed by atoms with Gasteiger partial charge in [-0.05, 0) is 43.9 Å². The van der Waals surface area contributed by atoms with Crippen molar-refractivity contribution < 1.29 is 9.53 Å². The molecular weight excluding hydrogens is 288 g/mol. The number of anilines is 1. The number of carbonyl (C=O) groups is 1. The van der Waals surface area contributed by atoms with Crippen LogP contribution in [0.4, 0.5) is 5.69 Å². The van der Waals surface area contributed by atoms with Crippen molar-refractivity contribution in [2.45, 2.75) is 38.6 Å². The molecule has 2 atom stereocenters. The molecule has 0 spiro atoms. The molecule has 0 radical (unpaired) electrons. The molecule has 2 unspecified atom stereocenters. The zero-order chi connectivity index (χ0) is 14.1. The van der Waals surface area contributed by atoms with Gasteiger partial charge in [0.25, 0.3) is 0 Å². The number of carbonyl (C=O) groups excluding carboxylic acids is 1. The number of halogens is 1. The molecule has 21 heavy (non-hydrogen) atoms. The smallest absolute Gasteiger partial charge is 0.230 e. The fraction of sp³-hybridized carbons (Fsp3) is 0.562. The molecule has 2 N–H and O–H groups in total. The SMILES string of the molecule is Cc1ccc2c(c1)OCCN2C(=O)C1CCCC(N)C1.Cl. The van der Waals surface area contributed by atoms with E-state index in [-0.39, 0.29) is 30.3 Å². The summed E-state index contributed by atoms with van der Waals surface area (Å²) < 4.78 is 5.67. The largest absolute Gasteiger partial charge is 0.490 e.